The highest BCUT2D eigenvalue weighted by atomic mass is 79.9. The van der Waals surface area contributed by atoms with Crippen molar-refractivity contribution in [2.75, 3.05) is 0 Å². The molecule has 0 aliphatic rings. The molecule has 0 aliphatic carbocycles. The van der Waals surface area contributed by atoms with Crippen LogP contribution >= 0.6 is 15.9 Å². The second kappa shape index (κ2) is 5.88. The molecule has 0 saturated carbocycles. The maximum absolute atomic E-state index is 12.3. The van der Waals surface area contributed by atoms with Crippen molar-refractivity contribution in [2.24, 2.45) is 0 Å². The molecule has 1 N–H and O–H groups in total. The van der Waals surface area contributed by atoms with Crippen molar-refractivity contribution in [3.63, 3.8) is 0 Å². The summed E-state index contributed by atoms with van der Waals surface area (Å²) in [6.07, 6.45) is 3.57. The van der Waals surface area contributed by atoms with Crippen LogP contribution < -0.4 is 0 Å². The molecule has 22 heavy (non-hydrogen) atoms. The van der Waals surface area contributed by atoms with Crippen LogP contribution in [0.4, 0.5) is 0 Å². The maximum atomic E-state index is 12.3. The van der Waals surface area contributed by atoms with Crippen LogP contribution in [0.5, 0.6) is 0 Å². The van der Waals surface area contributed by atoms with Crippen molar-refractivity contribution >= 4 is 32.9 Å². The van der Waals surface area contributed by atoms with Crippen molar-refractivity contribution in [1.29, 1.82) is 0 Å². The number of aryl methyl sites for hydroxylation is 2. The Kier molecular flexibility index (Phi) is 3.93. The molecule has 3 aromatic heterocycles. The number of aromatic nitrogens is 5. The number of nitrogens with zero attached hydrogens (tertiary/aromatic N) is 4. The zero-order valence-electron chi connectivity index (χ0n) is 12.1. The average molecular weight is 364 g/mol. The fraction of sp³-hybridized carbons (Fsp3) is 0.286. The Morgan fingerprint density at radius 2 is 2.27 bits per heavy atom. The largest absolute Gasteiger partial charge is 0.454 e. The van der Waals surface area contributed by atoms with Gasteiger partial charge in [0.2, 0.25) is 0 Å². The average Bonchev–Trinajstić information content (AvgIpc) is 3.10. The van der Waals surface area contributed by atoms with Crippen LogP contribution in [0.25, 0.3) is 11.0 Å². The van der Waals surface area contributed by atoms with Crippen molar-refractivity contribution in [2.45, 2.75) is 27.0 Å². The molecule has 0 atom stereocenters. The van der Waals surface area contributed by atoms with Gasteiger partial charge >= 0.3 is 5.97 Å². The number of esters is 1. The van der Waals surface area contributed by atoms with E-state index in [1.165, 1.54) is 0 Å². The van der Waals surface area contributed by atoms with Crippen LogP contribution in [0.3, 0.4) is 0 Å². The molecule has 0 saturated heterocycles. The third-order valence-electron chi connectivity index (χ3n) is 3.17. The first-order valence-electron chi connectivity index (χ1n) is 6.79. The number of carbonyl (C=O) groups is 1. The Balaban J connectivity index is 1.81. The first kappa shape index (κ1) is 14.7. The van der Waals surface area contributed by atoms with Gasteiger partial charge in [-0.25, -0.2) is 14.8 Å². The lowest BCUT2D eigenvalue weighted by molar-refractivity contribution is 0.0461. The lowest BCUT2D eigenvalue weighted by Gasteiger charge is -2.05. The fourth-order valence-electron chi connectivity index (χ4n) is 2.11. The quantitative estimate of drug-likeness (QED) is 0.720. The summed E-state index contributed by atoms with van der Waals surface area (Å²) in [6, 6.07) is 1.76. The first-order chi connectivity index (χ1) is 10.6. The standard InChI is InChI=1S/C14H14BrN5O2/c1-3-20-6-10(15)11(19-20)7-22-14(21)12-9-4-5-16-13(9)18-8(2)17-12/h4-6H,3,7H2,1-2H3,(H,16,17,18). The van der Waals surface area contributed by atoms with Crippen LogP contribution in [0, 0.1) is 6.92 Å². The fourth-order valence-corrected chi connectivity index (χ4v) is 2.54. The maximum Gasteiger partial charge on any atom is 0.358 e. The summed E-state index contributed by atoms with van der Waals surface area (Å²) in [5.41, 5.74) is 1.55. The molecule has 114 valence electrons. The molecule has 8 heteroatoms. The summed E-state index contributed by atoms with van der Waals surface area (Å²) in [5.74, 6) is 0.0198. The van der Waals surface area contributed by atoms with E-state index in [0.29, 0.717) is 22.6 Å². The molecule has 0 aromatic carbocycles. The highest BCUT2D eigenvalue weighted by molar-refractivity contribution is 9.10. The number of hydrogen-bond acceptors (Lipinski definition) is 5. The number of aromatic amines is 1. The van der Waals surface area contributed by atoms with Gasteiger partial charge in [0.05, 0.1) is 9.86 Å². The lowest BCUT2D eigenvalue weighted by atomic mass is 10.3. The Bertz CT molecular complexity index is 839. The highest BCUT2D eigenvalue weighted by Crippen LogP contribution is 2.18. The second-order valence-electron chi connectivity index (χ2n) is 4.71. The monoisotopic (exact) mass is 363 g/mol. The highest BCUT2D eigenvalue weighted by Gasteiger charge is 2.17. The Labute approximate surface area is 134 Å². The number of hydrogen-bond donors (Lipinski definition) is 1. The van der Waals surface area contributed by atoms with Crippen LogP contribution in [0.1, 0.15) is 28.9 Å². The summed E-state index contributed by atoms with van der Waals surface area (Å²) in [6.45, 7) is 4.56. The summed E-state index contributed by atoms with van der Waals surface area (Å²) in [7, 11) is 0. The molecule has 0 bridgehead atoms. The molecular weight excluding hydrogens is 350 g/mol. The second-order valence-corrected chi connectivity index (χ2v) is 5.57. The Hall–Kier alpha value is -2.22. The molecule has 0 spiro atoms. The molecule has 0 amide bonds. The number of ether oxygens (including phenoxy) is 1. The van der Waals surface area contributed by atoms with Gasteiger partial charge in [-0.3, -0.25) is 4.68 Å². The normalized spacial score (nSPS) is 11.0. The van der Waals surface area contributed by atoms with Gasteiger partial charge in [0.1, 0.15) is 23.8 Å². The van der Waals surface area contributed by atoms with Gasteiger partial charge in [0.15, 0.2) is 5.69 Å². The molecular formula is C14H14BrN5O2. The van der Waals surface area contributed by atoms with Crippen LogP contribution in [-0.4, -0.2) is 30.7 Å². The van der Waals surface area contributed by atoms with Crippen LogP contribution in [-0.2, 0) is 17.9 Å². The zero-order valence-corrected chi connectivity index (χ0v) is 13.7. The predicted octanol–water partition coefficient (Wildman–Crippen LogP) is 2.60. The summed E-state index contributed by atoms with van der Waals surface area (Å²) in [4.78, 5) is 23.7. The minimum atomic E-state index is -0.493. The molecule has 0 unspecified atom stereocenters. The van der Waals surface area contributed by atoms with Gasteiger partial charge in [-0.2, -0.15) is 5.10 Å². The summed E-state index contributed by atoms with van der Waals surface area (Å²) >= 11 is 3.40. The van der Waals surface area contributed by atoms with Crippen molar-refractivity contribution in [1.82, 2.24) is 24.7 Å². The van der Waals surface area contributed by atoms with Gasteiger partial charge in [0, 0.05) is 18.9 Å². The van der Waals surface area contributed by atoms with E-state index in [1.807, 2.05) is 13.1 Å². The molecule has 3 aromatic rings. The molecule has 3 rings (SSSR count). The topological polar surface area (TPSA) is 85.7 Å². The molecule has 0 aliphatic heterocycles. The van der Waals surface area contributed by atoms with Crippen molar-refractivity contribution in [3.8, 4) is 0 Å². The number of fused-ring (bicyclic) bond motifs is 1. The first-order valence-corrected chi connectivity index (χ1v) is 7.58. The number of nitrogens with one attached hydrogen (secondary N) is 1. The van der Waals surface area contributed by atoms with Crippen molar-refractivity contribution < 1.29 is 9.53 Å². The molecule has 0 fully saturated rings. The number of halogens is 1. The van der Waals surface area contributed by atoms with Crippen LogP contribution in [0.15, 0.2) is 22.9 Å². The zero-order chi connectivity index (χ0) is 15.7. The van der Waals surface area contributed by atoms with Gasteiger partial charge < -0.3 is 9.72 Å². The van der Waals surface area contributed by atoms with Gasteiger partial charge in [-0.15, -0.1) is 0 Å². The third-order valence-corrected chi connectivity index (χ3v) is 3.83. The van der Waals surface area contributed by atoms with Gasteiger partial charge in [-0.1, -0.05) is 0 Å². The molecule has 0 radical (unpaired) electrons. The number of rotatable bonds is 4. The molecule has 3 heterocycles. The summed E-state index contributed by atoms with van der Waals surface area (Å²) < 4.78 is 7.92. The molecule has 7 nitrogen and oxygen atoms in total. The SMILES string of the molecule is CCn1cc(Br)c(COC(=O)c2nc(C)nc3[nH]ccc23)n1. The van der Waals surface area contributed by atoms with E-state index in [0.717, 1.165) is 11.0 Å². The smallest absolute Gasteiger partial charge is 0.358 e. The minimum absolute atomic E-state index is 0.0847. The predicted molar refractivity (Wildman–Crippen MR) is 83.3 cm³/mol. The third kappa shape index (κ3) is 2.74. The van der Waals surface area contributed by atoms with E-state index in [4.69, 9.17) is 4.74 Å². The van der Waals surface area contributed by atoms with Crippen molar-refractivity contribution in [3.05, 3.63) is 40.1 Å². The van der Waals surface area contributed by atoms with E-state index in [-0.39, 0.29) is 12.3 Å². The van der Waals surface area contributed by atoms with Gasteiger partial charge in [-0.05, 0) is 35.8 Å². The van der Waals surface area contributed by atoms with E-state index >= 15 is 0 Å². The number of H-pyrrole nitrogens is 1. The Morgan fingerprint density at radius 3 is 3.00 bits per heavy atom. The van der Waals surface area contributed by atoms with E-state index in [2.05, 4.69) is 36.0 Å². The van der Waals surface area contributed by atoms with Gasteiger partial charge in [0.25, 0.3) is 0 Å². The van der Waals surface area contributed by atoms with E-state index in [9.17, 15) is 4.79 Å². The lowest BCUT2D eigenvalue weighted by Crippen LogP contribution is -2.10. The van der Waals surface area contributed by atoms with E-state index in [1.54, 1.807) is 23.9 Å². The van der Waals surface area contributed by atoms with Crippen LogP contribution in [0.2, 0.25) is 0 Å². The minimum Gasteiger partial charge on any atom is -0.454 e. The van der Waals surface area contributed by atoms with E-state index < -0.39 is 5.97 Å². The number of carbonyl (C=O) groups excluding carboxylic acids is 1. The Morgan fingerprint density at radius 1 is 1.45 bits per heavy atom. The summed E-state index contributed by atoms with van der Waals surface area (Å²) in [5, 5.41) is 4.96.